The van der Waals surface area contributed by atoms with Crippen LogP contribution in [0, 0.1) is 17.0 Å². The molecule has 29 heavy (non-hydrogen) atoms. The highest BCUT2D eigenvalue weighted by Crippen LogP contribution is 2.27. The first-order valence-corrected chi connectivity index (χ1v) is 8.83. The van der Waals surface area contributed by atoms with Crippen molar-refractivity contribution >= 4 is 23.3 Å². The van der Waals surface area contributed by atoms with Crippen LogP contribution in [0.2, 0.25) is 0 Å². The normalized spacial score (nSPS) is 10.3. The number of benzene rings is 2. The Morgan fingerprint density at radius 1 is 1.21 bits per heavy atom. The van der Waals surface area contributed by atoms with E-state index in [1.807, 2.05) is 6.92 Å². The van der Waals surface area contributed by atoms with E-state index in [1.165, 1.54) is 25.3 Å². The third kappa shape index (κ3) is 5.76. The molecule has 0 saturated carbocycles. The SMILES string of the molecule is CCOCc1cc(C(=O)OCC(=O)Nc2c(C)cccc2[N+](=O)[O-])ccc1OC. The average molecular weight is 402 g/mol. The Kier molecular flexibility index (Phi) is 7.67. The summed E-state index contributed by atoms with van der Waals surface area (Å²) in [5.41, 5.74) is 1.26. The molecule has 0 radical (unpaired) electrons. The maximum absolute atomic E-state index is 12.3. The Bertz CT molecular complexity index is 912. The van der Waals surface area contributed by atoms with Crippen molar-refractivity contribution in [2.75, 3.05) is 25.6 Å². The molecule has 9 heteroatoms. The second-order valence-corrected chi connectivity index (χ2v) is 6.01. The fourth-order valence-corrected chi connectivity index (χ4v) is 2.59. The summed E-state index contributed by atoms with van der Waals surface area (Å²) < 4.78 is 15.6. The number of para-hydroxylation sites is 1. The number of amides is 1. The van der Waals surface area contributed by atoms with E-state index in [1.54, 1.807) is 25.1 Å². The number of aryl methyl sites for hydroxylation is 1. The topological polar surface area (TPSA) is 117 Å². The predicted molar refractivity (Wildman–Crippen MR) is 105 cm³/mol. The number of esters is 1. The van der Waals surface area contributed by atoms with Gasteiger partial charge in [-0.15, -0.1) is 0 Å². The number of carbonyl (C=O) groups excluding carboxylic acids is 2. The number of nitro benzene ring substituents is 1. The molecular formula is C20H22N2O7. The Morgan fingerprint density at radius 2 is 1.97 bits per heavy atom. The summed E-state index contributed by atoms with van der Waals surface area (Å²) >= 11 is 0. The largest absolute Gasteiger partial charge is 0.496 e. The Hall–Kier alpha value is -3.46. The number of anilines is 1. The molecule has 154 valence electrons. The van der Waals surface area contributed by atoms with Crippen LogP contribution in [0.4, 0.5) is 11.4 Å². The molecule has 0 heterocycles. The zero-order valence-electron chi connectivity index (χ0n) is 16.4. The van der Waals surface area contributed by atoms with E-state index in [4.69, 9.17) is 14.2 Å². The zero-order valence-corrected chi connectivity index (χ0v) is 16.4. The lowest BCUT2D eigenvalue weighted by Gasteiger charge is -2.11. The summed E-state index contributed by atoms with van der Waals surface area (Å²) in [6.07, 6.45) is 0. The van der Waals surface area contributed by atoms with Gasteiger partial charge in [0, 0.05) is 18.2 Å². The van der Waals surface area contributed by atoms with Crippen LogP contribution in [0.1, 0.15) is 28.4 Å². The monoisotopic (exact) mass is 402 g/mol. The van der Waals surface area contributed by atoms with E-state index in [0.717, 1.165) is 0 Å². The van der Waals surface area contributed by atoms with Gasteiger partial charge in [-0.25, -0.2) is 4.79 Å². The van der Waals surface area contributed by atoms with E-state index in [2.05, 4.69) is 5.32 Å². The first-order valence-electron chi connectivity index (χ1n) is 8.83. The molecule has 1 amide bonds. The van der Waals surface area contributed by atoms with Gasteiger partial charge in [-0.1, -0.05) is 12.1 Å². The second kappa shape index (κ2) is 10.2. The van der Waals surface area contributed by atoms with Crippen molar-refractivity contribution in [2.45, 2.75) is 20.5 Å². The Labute approximate surface area is 167 Å². The van der Waals surface area contributed by atoms with Crippen LogP contribution in [0.15, 0.2) is 36.4 Å². The molecule has 1 N–H and O–H groups in total. The van der Waals surface area contributed by atoms with Gasteiger partial charge < -0.3 is 19.5 Å². The maximum atomic E-state index is 12.3. The maximum Gasteiger partial charge on any atom is 0.338 e. The summed E-state index contributed by atoms with van der Waals surface area (Å²) in [6, 6.07) is 9.13. The van der Waals surface area contributed by atoms with E-state index >= 15 is 0 Å². The highest BCUT2D eigenvalue weighted by Gasteiger charge is 2.19. The van der Waals surface area contributed by atoms with Crippen LogP contribution in [0.25, 0.3) is 0 Å². The second-order valence-electron chi connectivity index (χ2n) is 6.01. The quantitative estimate of drug-likeness (QED) is 0.389. The van der Waals surface area contributed by atoms with Crippen LogP contribution < -0.4 is 10.1 Å². The number of nitrogens with one attached hydrogen (secondary N) is 1. The van der Waals surface area contributed by atoms with Crippen molar-refractivity contribution in [3.8, 4) is 5.75 Å². The summed E-state index contributed by atoms with van der Waals surface area (Å²) in [4.78, 5) is 34.9. The molecular weight excluding hydrogens is 380 g/mol. The van der Waals surface area contributed by atoms with Gasteiger partial charge in [-0.05, 0) is 37.6 Å². The molecule has 0 aliphatic rings. The molecule has 2 aromatic rings. The third-order valence-corrected chi connectivity index (χ3v) is 4.02. The fraction of sp³-hybridized carbons (Fsp3) is 0.300. The first-order chi connectivity index (χ1) is 13.9. The van der Waals surface area contributed by atoms with Crippen molar-refractivity contribution in [3.63, 3.8) is 0 Å². The van der Waals surface area contributed by atoms with Gasteiger partial charge in [0.15, 0.2) is 6.61 Å². The Morgan fingerprint density at radius 3 is 2.62 bits per heavy atom. The molecule has 0 aliphatic heterocycles. The van der Waals surface area contributed by atoms with Crippen LogP contribution in [-0.4, -0.2) is 37.1 Å². The van der Waals surface area contributed by atoms with Crippen LogP contribution in [0.5, 0.6) is 5.75 Å². The summed E-state index contributed by atoms with van der Waals surface area (Å²) in [5.74, 6) is -0.821. The number of carbonyl (C=O) groups is 2. The highest BCUT2D eigenvalue weighted by molar-refractivity contribution is 5.97. The van der Waals surface area contributed by atoms with Crippen molar-refractivity contribution in [1.29, 1.82) is 0 Å². The summed E-state index contributed by atoms with van der Waals surface area (Å²) in [5, 5.41) is 13.5. The molecule has 2 rings (SSSR count). The van der Waals surface area contributed by atoms with Gasteiger partial charge >= 0.3 is 5.97 Å². The van der Waals surface area contributed by atoms with Crippen molar-refractivity contribution in [3.05, 3.63) is 63.2 Å². The van der Waals surface area contributed by atoms with Gasteiger partial charge in [0.2, 0.25) is 0 Å². The average Bonchev–Trinajstić information content (AvgIpc) is 2.71. The van der Waals surface area contributed by atoms with Gasteiger partial charge in [-0.2, -0.15) is 0 Å². The lowest BCUT2D eigenvalue weighted by atomic mass is 10.1. The van der Waals surface area contributed by atoms with E-state index in [9.17, 15) is 19.7 Å². The number of rotatable bonds is 9. The smallest absolute Gasteiger partial charge is 0.338 e. The van der Waals surface area contributed by atoms with Crippen LogP contribution in [0.3, 0.4) is 0 Å². The van der Waals surface area contributed by atoms with Crippen molar-refractivity contribution < 1.29 is 28.7 Å². The number of nitrogens with zero attached hydrogens (tertiary/aromatic N) is 1. The zero-order chi connectivity index (χ0) is 21.4. The van der Waals surface area contributed by atoms with E-state index in [-0.39, 0.29) is 23.5 Å². The van der Waals surface area contributed by atoms with Crippen molar-refractivity contribution in [2.24, 2.45) is 0 Å². The highest BCUT2D eigenvalue weighted by atomic mass is 16.6. The lowest BCUT2D eigenvalue weighted by molar-refractivity contribution is -0.384. The molecule has 0 aromatic heterocycles. The minimum atomic E-state index is -0.708. The molecule has 9 nitrogen and oxygen atoms in total. The molecule has 0 atom stereocenters. The standard InChI is InChI=1S/C20H22N2O7/c1-4-28-11-15-10-14(8-9-17(15)27-3)20(24)29-12-18(23)21-19-13(2)6-5-7-16(19)22(25)26/h5-10H,4,11-12H2,1-3H3,(H,21,23). The number of hydrogen-bond acceptors (Lipinski definition) is 7. The minimum Gasteiger partial charge on any atom is -0.496 e. The predicted octanol–water partition coefficient (Wildman–Crippen LogP) is 3.24. The molecule has 0 bridgehead atoms. The fourth-order valence-electron chi connectivity index (χ4n) is 2.59. The summed E-state index contributed by atoms with van der Waals surface area (Å²) in [7, 11) is 1.51. The van der Waals surface area contributed by atoms with Gasteiger partial charge in [-0.3, -0.25) is 14.9 Å². The van der Waals surface area contributed by atoms with Crippen LogP contribution >= 0.6 is 0 Å². The van der Waals surface area contributed by atoms with E-state index < -0.39 is 23.4 Å². The van der Waals surface area contributed by atoms with Gasteiger partial charge in [0.05, 0.1) is 24.2 Å². The number of methoxy groups -OCH3 is 1. The number of nitro groups is 1. The lowest BCUT2D eigenvalue weighted by Crippen LogP contribution is -2.22. The molecule has 0 saturated heterocycles. The van der Waals surface area contributed by atoms with E-state index in [0.29, 0.717) is 23.5 Å². The summed E-state index contributed by atoms with van der Waals surface area (Å²) in [6.45, 7) is 3.66. The Balaban J connectivity index is 2.04. The third-order valence-electron chi connectivity index (χ3n) is 4.02. The van der Waals surface area contributed by atoms with Crippen molar-refractivity contribution in [1.82, 2.24) is 0 Å². The minimum absolute atomic E-state index is 0.0713. The molecule has 0 spiro atoms. The molecule has 2 aromatic carbocycles. The van der Waals surface area contributed by atoms with Gasteiger partial charge in [0.1, 0.15) is 11.4 Å². The number of ether oxygens (including phenoxy) is 3. The molecule has 0 unspecified atom stereocenters. The molecule has 0 fully saturated rings. The first kappa shape index (κ1) is 21.8. The molecule has 0 aliphatic carbocycles. The van der Waals surface area contributed by atoms with Crippen LogP contribution in [-0.2, 0) is 20.9 Å². The number of hydrogen-bond donors (Lipinski definition) is 1. The van der Waals surface area contributed by atoms with Gasteiger partial charge in [0.25, 0.3) is 11.6 Å².